The van der Waals surface area contributed by atoms with Crippen LogP contribution in [0.15, 0.2) is 24.3 Å². The molecule has 3 rings (SSSR count). The first-order chi connectivity index (χ1) is 10.1. The summed E-state index contributed by atoms with van der Waals surface area (Å²) in [5.74, 6) is 0.145. The first-order valence-electron chi connectivity index (χ1n) is 8.17. The van der Waals surface area contributed by atoms with Crippen LogP contribution in [0, 0.1) is 5.41 Å². The van der Waals surface area contributed by atoms with E-state index in [1.807, 2.05) is 6.07 Å². The standard InChI is InChI=1S/C18H26N2O/c1-18(2)10-7-14(8-11-18)20-17(21)16-15-6-4-3-5-13(15)9-12-19-16/h3-6,14,16,19H,7-12H2,1-2H3,(H,20,21). The highest BCUT2D eigenvalue weighted by molar-refractivity contribution is 5.84. The highest BCUT2D eigenvalue weighted by atomic mass is 16.2. The van der Waals surface area contributed by atoms with Crippen molar-refractivity contribution >= 4 is 5.91 Å². The summed E-state index contributed by atoms with van der Waals surface area (Å²) in [6, 6.07) is 8.47. The van der Waals surface area contributed by atoms with Gasteiger partial charge in [-0.25, -0.2) is 0 Å². The van der Waals surface area contributed by atoms with Crippen LogP contribution >= 0.6 is 0 Å². The van der Waals surface area contributed by atoms with Crippen LogP contribution in [0.3, 0.4) is 0 Å². The monoisotopic (exact) mass is 286 g/mol. The maximum Gasteiger partial charge on any atom is 0.241 e. The molecule has 114 valence electrons. The van der Waals surface area contributed by atoms with Gasteiger partial charge in [0.05, 0.1) is 0 Å². The number of amides is 1. The number of hydrogen-bond acceptors (Lipinski definition) is 2. The summed E-state index contributed by atoms with van der Waals surface area (Å²) in [5.41, 5.74) is 2.90. The van der Waals surface area contributed by atoms with Gasteiger partial charge in [0.15, 0.2) is 0 Å². The normalized spacial score (nSPS) is 25.1. The van der Waals surface area contributed by atoms with Gasteiger partial charge in [-0.15, -0.1) is 0 Å². The third-order valence-corrected chi connectivity index (χ3v) is 5.06. The highest BCUT2D eigenvalue weighted by Crippen LogP contribution is 2.35. The molecule has 0 saturated heterocycles. The second-order valence-electron chi connectivity index (χ2n) is 7.28. The topological polar surface area (TPSA) is 41.1 Å². The smallest absolute Gasteiger partial charge is 0.241 e. The predicted molar refractivity (Wildman–Crippen MR) is 85.1 cm³/mol. The maximum absolute atomic E-state index is 12.6. The molecule has 1 aliphatic carbocycles. The number of rotatable bonds is 2. The Morgan fingerprint density at radius 3 is 2.71 bits per heavy atom. The van der Waals surface area contributed by atoms with E-state index in [2.05, 4.69) is 42.7 Å². The number of benzene rings is 1. The Balaban J connectivity index is 1.64. The van der Waals surface area contributed by atoms with Gasteiger partial charge >= 0.3 is 0 Å². The fourth-order valence-electron chi connectivity index (χ4n) is 3.57. The lowest BCUT2D eigenvalue weighted by molar-refractivity contribution is -0.124. The van der Waals surface area contributed by atoms with Crippen molar-refractivity contribution in [1.29, 1.82) is 0 Å². The lowest BCUT2D eigenvalue weighted by atomic mass is 9.75. The minimum atomic E-state index is -0.176. The molecule has 1 aliphatic heterocycles. The van der Waals surface area contributed by atoms with Crippen molar-refractivity contribution in [2.45, 2.75) is 58.0 Å². The number of fused-ring (bicyclic) bond motifs is 1. The van der Waals surface area contributed by atoms with E-state index in [1.165, 1.54) is 18.4 Å². The van der Waals surface area contributed by atoms with Crippen LogP contribution in [0.2, 0.25) is 0 Å². The quantitative estimate of drug-likeness (QED) is 0.877. The summed E-state index contributed by atoms with van der Waals surface area (Å²) in [6.07, 6.45) is 5.62. The Morgan fingerprint density at radius 2 is 1.95 bits per heavy atom. The SMILES string of the molecule is CC1(C)CCC(NC(=O)C2NCCc3ccccc32)CC1. The minimum Gasteiger partial charge on any atom is -0.352 e. The number of carbonyl (C=O) groups is 1. The molecule has 1 heterocycles. The van der Waals surface area contributed by atoms with E-state index in [-0.39, 0.29) is 11.9 Å². The average molecular weight is 286 g/mol. The Bertz CT molecular complexity index is 514. The molecule has 0 spiro atoms. The molecule has 1 aromatic rings. The van der Waals surface area contributed by atoms with Crippen molar-refractivity contribution in [3.63, 3.8) is 0 Å². The van der Waals surface area contributed by atoms with E-state index < -0.39 is 0 Å². The minimum absolute atomic E-state index is 0.145. The van der Waals surface area contributed by atoms with Crippen LogP contribution in [0.5, 0.6) is 0 Å². The van der Waals surface area contributed by atoms with Crippen molar-refractivity contribution in [3.05, 3.63) is 35.4 Å². The van der Waals surface area contributed by atoms with Crippen LogP contribution in [-0.2, 0) is 11.2 Å². The summed E-state index contributed by atoms with van der Waals surface area (Å²) >= 11 is 0. The third kappa shape index (κ3) is 3.29. The Kier molecular flexibility index (Phi) is 4.03. The van der Waals surface area contributed by atoms with Crippen LogP contribution in [-0.4, -0.2) is 18.5 Å². The average Bonchev–Trinajstić information content (AvgIpc) is 2.49. The largest absolute Gasteiger partial charge is 0.352 e. The second-order valence-corrected chi connectivity index (χ2v) is 7.28. The Morgan fingerprint density at radius 1 is 1.24 bits per heavy atom. The fraction of sp³-hybridized carbons (Fsp3) is 0.611. The molecule has 1 amide bonds. The van der Waals surface area contributed by atoms with E-state index in [4.69, 9.17) is 0 Å². The molecule has 21 heavy (non-hydrogen) atoms. The predicted octanol–water partition coefficient (Wildman–Crippen LogP) is 2.96. The van der Waals surface area contributed by atoms with Gasteiger partial charge in [0.1, 0.15) is 6.04 Å². The lowest BCUT2D eigenvalue weighted by Gasteiger charge is -2.35. The van der Waals surface area contributed by atoms with Crippen molar-refractivity contribution in [1.82, 2.24) is 10.6 Å². The molecular formula is C18H26N2O. The molecule has 0 radical (unpaired) electrons. The van der Waals surface area contributed by atoms with Crippen molar-refractivity contribution in [2.75, 3.05) is 6.54 Å². The number of nitrogens with one attached hydrogen (secondary N) is 2. The summed E-state index contributed by atoms with van der Waals surface area (Å²) in [4.78, 5) is 12.6. The zero-order valence-electron chi connectivity index (χ0n) is 13.1. The van der Waals surface area contributed by atoms with Gasteiger partial charge in [-0.3, -0.25) is 4.79 Å². The molecule has 1 aromatic carbocycles. The zero-order chi connectivity index (χ0) is 14.9. The molecule has 1 fully saturated rings. The number of hydrogen-bond donors (Lipinski definition) is 2. The van der Waals surface area contributed by atoms with Gasteiger partial charge in [0.25, 0.3) is 0 Å². The molecule has 1 saturated carbocycles. The van der Waals surface area contributed by atoms with Gasteiger partial charge in [-0.2, -0.15) is 0 Å². The van der Waals surface area contributed by atoms with Crippen molar-refractivity contribution < 1.29 is 4.79 Å². The lowest BCUT2D eigenvalue weighted by Crippen LogP contribution is -2.46. The van der Waals surface area contributed by atoms with Gasteiger partial charge < -0.3 is 10.6 Å². The molecule has 3 nitrogen and oxygen atoms in total. The van der Waals surface area contributed by atoms with Crippen LogP contribution in [0.1, 0.15) is 56.7 Å². The third-order valence-electron chi connectivity index (χ3n) is 5.06. The first kappa shape index (κ1) is 14.6. The van der Waals surface area contributed by atoms with Crippen LogP contribution < -0.4 is 10.6 Å². The molecule has 0 bridgehead atoms. The van der Waals surface area contributed by atoms with Crippen molar-refractivity contribution in [2.24, 2.45) is 5.41 Å². The highest BCUT2D eigenvalue weighted by Gasteiger charge is 2.31. The summed E-state index contributed by atoms with van der Waals surface area (Å²) < 4.78 is 0. The summed E-state index contributed by atoms with van der Waals surface area (Å²) in [7, 11) is 0. The van der Waals surface area contributed by atoms with Crippen LogP contribution in [0.25, 0.3) is 0 Å². The molecule has 2 aliphatic rings. The van der Waals surface area contributed by atoms with E-state index in [0.717, 1.165) is 31.4 Å². The van der Waals surface area contributed by atoms with Gasteiger partial charge in [0, 0.05) is 12.6 Å². The molecule has 1 unspecified atom stereocenters. The Labute approximate surface area is 127 Å². The molecule has 1 atom stereocenters. The van der Waals surface area contributed by atoms with Crippen LogP contribution in [0.4, 0.5) is 0 Å². The van der Waals surface area contributed by atoms with E-state index in [0.29, 0.717) is 11.5 Å². The van der Waals surface area contributed by atoms with Gasteiger partial charge in [-0.1, -0.05) is 38.1 Å². The molecular weight excluding hydrogens is 260 g/mol. The van der Waals surface area contributed by atoms with E-state index in [1.54, 1.807) is 0 Å². The second kappa shape index (κ2) is 5.80. The van der Waals surface area contributed by atoms with E-state index in [9.17, 15) is 4.79 Å². The van der Waals surface area contributed by atoms with Gasteiger partial charge in [0.2, 0.25) is 5.91 Å². The zero-order valence-corrected chi connectivity index (χ0v) is 13.1. The molecule has 2 N–H and O–H groups in total. The fourth-order valence-corrected chi connectivity index (χ4v) is 3.57. The summed E-state index contributed by atoms with van der Waals surface area (Å²) in [6.45, 7) is 5.53. The number of carbonyl (C=O) groups excluding carboxylic acids is 1. The van der Waals surface area contributed by atoms with E-state index >= 15 is 0 Å². The van der Waals surface area contributed by atoms with Crippen molar-refractivity contribution in [3.8, 4) is 0 Å². The van der Waals surface area contributed by atoms with Gasteiger partial charge in [-0.05, 0) is 48.6 Å². The molecule has 0 aromatic heterocycles. The molecule has 3 heteroatoms. The Hall–Kier alpha value is -1.35. The maximum atomic E-state index is 12.6. The summed E-state index contributed by atoms with van der Waals surface area (Å²) in [5, 5.41) is 6.63. The first-order valence-corrected chi connectivity index (χ1v) is 8.17.